The van der Waals surface area contributed by atoms with Crippen LogP contribution in [-0.2, 0) is 0 Å². The highest BCUT2D eigenvalue weighted by Crippen LogP contribution is 2.34. The standard InChI is InChI=1S/C24H27FN8O/c1-32-11-10-27-23(32)21(15-6-7-15)29-24(34)16-4-3-5-17(12-16)28-14-20-30-31-22(33(20)2)18-8-9-26-13-19(18)25/h3-5,8-9,11-12,15,21,26,28H,6-7,10,13-14H2,1-2H3/q+1/p+1/t21-/m0/s1. The molecular weight excluding hydrogens is 435 g/mol. The largest absolute Gasteiger partial charge is 0.384 e. The summed E-state index contributed by atoms with van der Waals surface area (Å²) in [5.41, 5.74) is 1.79. The number of rotatable bonds is 8. The van der Waals surface area contributed by atoms with E-state index in [9.17, 15) is 9.18 Å². The topological polar surface area (TPSA) is 96.3 Å². The third-order valence-corrected chi connectivity index (χ3v) is 6.33. The van der Waals surface area contributed by atoms with Crippen molar-refractivity contribution >= 4 is 29.5 Å². The normalized spacial score (nSPS) is 20.9. The lowest BCUT2D eigenvalue weighted by Gasteiger charge is -2.15. The maximum absolute atomic E-state index is 14.2. The van der Waals surface area contributed by atoms with Gasteiger partial charge >= 0.3 is 17.8 Å². The van der Waals surface area contributed by atoms with E-state index in [2.05, 4.69) is 31.2 Å². The lowest BCUT2D eigenvalue weighted by molar-refractivity contribution is -0.472. The number of amidine groups is 2. The van der Waals surface area contributed by atoms with Gasteiger partial charge in [0.25, 0.3) is 5.91 Å². The molecule has 0 bridgehead atoms. The number of carbonyl (C=O) groups excluding carboxylic acids is 1. The Kier molecular flexibility index (Phi) is 6.04. The minimum Gasteiger partial charge on any atom is -0.384 e. The lowest BCUT2D eigenvalue weighted by atomic mass is 10.1. The molecule has 1 saturated carbocycles. The number of dihydropyridines is 1. The Morgan fingerprint density at radius 2 is 2.15 bits per heavy atom. The molecule has 9 nitrogen and oxygen atoms in total. The van der Waals surface area contributed by atoms with Gasteiger partial charge in [-0.2, -0.15) is 0 Å². The Labute approximate surface area is 197 Å². The quantitative estimate of drug-likeness (QED) is 0.515. The number of nitrogens with one attached hydrogen (secondary N) is 3. The number of amides is 1. The fraction of sp³-hybridized carbons (Fsp3) is 0.375. The van der Waals surface area contributed by atoms with Gasteiger partial charge in [0.15, 0.2) is 6.54 Å². The molecule has 0 unspecified atom stereocenters. The summed E-state index contributed by atoms with van der Waals surface area (Å²) in [4.78, 5) is 17.6. The highest BCUT2D eigenvalue weighted by Gasteiger charge is 2.42. The van der Waals surface area contributed by atoms with Gasteiger partial charge in [0.2, 0.25) is 0 Å². The average molecular weight is 464 g/mol. The van der Waals surface area contributed by atoms with Crippen molar-refractivity contribution in [1.29, 1.82) is 0 Å². The van der Waals surface area contributed by atoms with Crippen molar-refractivity contribution in [2.24, 2.45) is 21.1 Å². The Bertz CT molecular complexity index is 1190. The highest BCUT2D eigenvalue weighted by molar-refractivity contribution is 5.99. The fourth-order valence-corrected chi connectivity index (χ4v) is 4.20. The molecule has 175 valence electrons. The Balaban J connectivity index is 1.24. The van der Waals surface area contributed by atoms with E-state index in [4.69, 9.17) is 0 Å². The molecule has 0 aromatic heterocycles. The predicted octanol–water partition coefficient (Wildman–Crippen LogP) is 2.07. The summed E-state index contributed by atoms with van der Waals surface area (Å²) in [6, 6.07) is 7.30. The van der Waals surface area contributed by atoms with Crippen LogP contribution in [0.3, 0.4) is 0 Å². The smallest absolute Gasteiger partial charge is 0.343 e. The molecule has 34 heavy (non-hydrogen) atoms. The van der Waals surface area contributed by atoms with E-state index in [-0.39, 0.29) is 24.3 Å². The molecule has 10 heteroatoms. The van der Waals surface area contributed by atoms with Crippen LogP contribution in [-0.4, -0.2) is 72.7 Å². The molecule has 1 atom stereocenters. The van der Waals surface area contributed by atoms with Gasteiger partial charge in [-0.25, -0.2) is 13.5 Å². The van der Waals surface area contributed by atoms with Gasteiger partial charge in [0, 0.05) is 11.3 Å². The van der Waals surface area contributed by atoms with E-state index in [0.29, 0.717) is 42.1 Å². The Hall–Kier alpha value is -3.69. The number of likely N-dealkylation sites (N-methyl/N-ethyl adjacent to an activating group) is 2. The third kappa shape index (κ3) is 4.52. The van der Waals surface area contributed by atoms with Crippen molar-refractivity contribution in [2.45, 2.75) is 18.9 Å². The van der Waals surface area contributed by atoms with E-state index in [0.717, 1.165) is 24.4 Å². The summed E-state index contributed by atoms with van der Waals surface area (Å²) in [6.07, 6.45) is 8.06. The molecule has 1 fully saturated rings. The molecule has 0 spiro atoms. The van der Waals surface area contributed by atoms with Crippen LogP contribution in [0.2, 0.25) is 0 Å². The number of hydrogen-bond acceptors (Lipinski definition) is 6. The third-order valence-electron chi connectivity index (χ3n) is 6.33. The van der Waals surface area contributed by atoms with Crippen molar-refractivity contribution in [2.75, 3.05) is 39.0 Å². The summed E-state index contributed by atoms with van der Waals surface area (Å²) >= 11 is 0. The zero-order chi connectivity index (χ0) is 23.7. The molecule has 1 radical (unpaired) electrons. The molecule has 1 aromatic rings. The van der Waals surface area contributed by atoms with Crippen LogP contribution < -0.4 is 16.0 Å². The Morgan fingerprint density at radius 3 is 2.88 bits per heavy atom. The fourth-order valence-electron chi connectivity index (χ4n) is 4.20. The van der Waals surface area contributed by atoms with Crippen LogP contribution in [0.1, 0.15) is 23.2 Å². The second kappa shape index (κ2) is 9.28. The van der Waals surface area contributed by atoms with Gasteiger partial charge in [0.05, 0.1) is 31.3 Å². The van der Waals surface area contributed by atoms with Crippen LogP contribution in [0.25, 0.3) is 0 Å². The minimum absolute atomic E-state index is 0.0660. The zero-order valence-corrected chi connectivity index (χ0v) is 19.3. The summed E-state index contributed by atoms with van der Waals surface area (Å²) in [7, 11) is 3.78. The maximum atomic E-state index is 14.2. The highest BCUT2D eigenvalue weighted by atomic mass is 19.1. The van der Waals surface area contributed by atoms with Crippen molar-refractivity contribution in [3.05, 3.63) is 59.7 Å². The molecule has 3 N–H and O–H groups in total. The SMILES string of the molecule is C[N+]1=CCN=C1[C@@H](NC(=O)c1cccc(NCC2=[N+](C)[C](C3=C(F)CNC=C3)N=N2)c1)C1CC1. The van der Waals surface area contributed by atoms with Gasteiger partial charge in [-0.15, -0.1) is 0 Å². The molecule has 3 aliphatic heterocycles. The number of anilines is 1. The van der Waals surface area contributed by atoms with Crippen molar-refractivity contribution < 1.29 is 18.3 Å². The number of aliphatic imine (C=N–C) groups is 1. The molecule has 3 heterocycles. The first-order chi connectivity index (χ1) is 16.5. The van der Waals surface area contributed by atoms with Crippen LogP contribution >= 0.6 is 0 Å². The number of hydrogen-bond donors (Lipinski definition) is 3. The number of benzene rings is 1. The van der Waals surface area contributed by atoms with Crippen LogP contribution in [0.5, 0.6) is 0 Å². The Morgan fingerprint density at radius 1 is 1.29 bits per heavy atom. The van der Waals surface area contributed by atoms with Gasteiger partial charge in [0.1, 0.15) is 24.6 Å². The summed E-state index contributed by atoms with van der Waals surface area (Å²) in [5.74, 6) is 1.64. The lowest BCUT2D eigenvalue weighted by Crippen LogP contribution is -2.45. The van der Waals surface area contributed by atoms with Crippen LogP contribution in [0, 0.1) is 12.1 Å². The monoisotopic (exact) mass is 463 g/mol. The van der Waals surface area contributed by atoms with Crippen molar-refractivity contribution in [3.63, 3.8) is 0 Å². The second-order valence-corrected chi connectivity index (χ2v) is 8.75. The van der Waals surface area contributed by atoms with Crippen molar-refractivity contribution in [1.82, 2.24) is 10.6 Å². The zero-order valence-electron chi connectivity index (χ0n) is 19.3. The first-order valence-electron chi connectivity index (χ1n) is 11.4. The molecular formula is C24H28FN8O+2. The minimum atomic E-state index is -0.270. The van der Waals surface area contributed by atoms with Crippen LogP contribution in [0.15, 0.2) is 63.2 Å². The van der Waals surface area contributed by atoms with Crippen LogP contribution in [0.4, 0.5) is 10.1 Å². The van der Waals surface area contributed by atoms with E-state index in [1.807, 2.05) is 43.1 Å². The first-order valence-corrected chi connectivity index (χ1v) is 11.4. The number of halogens is 1. The van der Waals surface area contributed by atoms with Gasteiger partial charge in [-0.3, -0.25) is 4.79 Å². The number of nitrogens with zero attached hydrogens (tertiary/aromatic N) is 5. The van der Waals surface area contributed by atoms with E-state index in [1.165, 1.54) is 0 Å². The van der Waals surface area contributed by atoms with Crippen molar-refractivity contribution in [3.8, 4) is 0 Å². The second-order valence-electron chi connectivity index (χ2n) is 8.75. The van der Waals surface area contributed by atoms with E-state index < -0.39 is 0 Å². The average Bonchev–Trinajstić information content (AvgIpc) is 3.50. The maximum Gasteiger partial charge on any atom is 0.343 e. The first kappa shape index (κ1) is 22.1. The molecule has 0 saturated heterocycles. The molecule has 1 amide bonds. The molecule has 4 aliphatic rings. The van der Waals surface area contributed by atoms with E-state index in [1.54, 1.807) is 22.9 Å². The van der Waals surface area contributed by atoms with Gasteiger partial charge < -0.3 is 16.0 Å². The predicted molar refractivity (Wildman–Crippen MR) is 128 cm³/mol. The summed E-state index contributed by atoms with van der Waals surface area (Å²) < 4.78 is 18.0. The number of azo groups is 1. The van der Waals surface area contributed by atoms with E-state index >= 15 is 0 Å². The molecule has 5 rings (SSSR count). The summed E-state index contributed by atoms with van der Waals surface area (Å²) in [6.45, 7) is 1.18. The van der Waals surface area contributed by atoms with Gasteiger partial charge in [-0.05, 0) is 54.3 Å². The van der Waals surface area contributed by atoms with Gasteiger partial charge in [-0.1, -0.05) is 11.1 Å². The summed E-state index contributed by atoms with van der Waals surface area (Å²) in [5, 5.41) is 17.7. The number of carbonyl (C=O) groups is 1. The molecule has 1 aromatic carbocycles. The molecule has 1 aliphatic carbocycles.